The van der Waals surface area contributed by atoms with Crippen LogP contribution in [-0.2, 0) is 75.3 Å². The van der Waals surface area contributed by atoms with E-state index < -0.39 is 17.8 Å². The number of aliphatic carboxylic acids is 2. The van der Waals surface area contributed by atoms with Crippen LogP contribution >= 0.6 is 0 Å². The van der Waals surface area contributed by atoms with Gasteiger partial charge in [0.1, 0.15) is 30.1 Å². The molecule has 1 atom stereocenters. The molecular weight excluding hydrogens is 1080 g/mol. The van der Waals surface area contributed by atoms with Crippen LogP contribution in [0.1, 0.15) is 143 Å². The molecule has 0 aliphatic carbocycles. The molecule has 1 heterocycles. The van der Waals surface area contributed by atoms with E-state index in [1.807, 2.05) is 91.0 Å². The molecule has 0 saturated heterocycles. The summed E-state index contributed by atoms with van der Waals surface area (Å²) in [5.41, 5.74) is 12.2. The Morgan fingerprint density at radius 1 is 0.644 bits per heavy atom. The number of halogens is 1. The number of ether oxygens (including phenoxy) is 1. The standard InChI is InChI=1S/C72H77FN4O7.C2H5.Li/c1-6-77-67(26-15-22-53-21-13-23-56(43-53)58-31-37-64(73)60(44-58)46-68(79)80)75-65(70(77)83)25-14-19-51-27-33-62(34-28-51)71(2,3)39-40-72(4,5)63-35-29-54(30-36-63)48-76(50-78)74-41-11-10-16-52-20-12-24-57(42-52)59-32-38-66(61(45-59)47-69(81)82)84-49-55-17-8-7-9-18-55;1-2;/h7-9,12-13,17-18,20-21,23-24,27-38,42-45,65H,6,10-11,14-16,19,22,25-26,39-40,46-49H2,1-5H3,(H,79,80)(H,81,82);1H2,2H3;/q-2;-1;+1. The minimum absolute atomic E-state index is 0. The summed E-state index contributed by atoms with van der Waals surface area (Å²) in [6, 6.07) is 53.3. The number of rotatable bonds is 31. The number of unbranched alkanes of at least 4 members (excludes halogenated alkanes) is 1. The van der Waals surface area contributed by atoms with Gasteiger partial charge in [0.25, 0.3) is 5.91 Å². The zero-order chi connectivity index (χ0) is 61.6. The van der Waals surface area contributed by atoms with Gasteiger partial charge in [-0.1, -0.05) is 174 Å². The first kappa shape index (κ1) is 68.2. The number of hydrazone groups is 1. The van der Waals surface area contributed by atoms with Crippen molar-refractivity contribution < 1.29 is 57.4 Å². The maximum Gasteiger partial charge on any atom is 1.00 e. The molecule has 0 radical (unpaired) electrons. The number of hydrogen-bond acceptors (Lipinski definition) is 7. The quantitative estimate of drug-likeness (QED) is 0.0110. The Kier molecular flexibility index (Phi) is 26.1. The average Bonchev–Trinajstić information content (AvgIpc) is 3.01. The van der Waals surface area contributed by atoms with Crippen LogP contribution in [-0.4, -0.2) is 69.0 Å². The third-order valence-electron chi connectivity index (χ3n) is 16.1. The molecular formula is C74H82FLiN4O7-2. The number of amidine groups is 1. The molecule has 450 valence electrons. The molecule has 87 heavy (non-hydrogen) atoms. The Hall–Kier alpha value is -7.91. The summed E-state index contributed by atoms with van der Waals surface area (Å²) in [5, 5.41) is 24.4. The molecule has 7 aromatic carbocycles. The Bertz CT molecular complexity index is 3440. The van der Waals surface area contributed by atoms with E-state index in [2.05, 4.69) is 119 Å². The molecule has 7 aromatic rings. The molecule has 11 nitrogen and oxygen atoms in total. The third kappa shape index (κ3) is 20.1. The SMILES string of the molecule is CCN1C(=O)C(CCCc2ccc(C(C)(C)CCC(C)(C)c3ccc(CN([C-]=O)N=[C-]CCCc4cccc(-c5ccc(OCc6ccccc6)c(CC(=O)O)c5)c4)cc3)cc2)N=C1CCCc1cccc(-c2ccc(F)c(CC(=O)O)c2)c1.[CH2-]C.[Li+]. The van der Waals surface area contributed by atoms with E-state index in [-0.39, 0.29) is 66.6 Å². The van der Waals surface area contributed by atoms with E-state index in [9.17, 15) is 33.8 Å². The summed E-state index contributed by atoms with van der Waals surface area (Å²) >= 11 is 0. The van der Waals surface area contributed by atoms with Gasteiger partial charge in [0.05, 0.1) is 12.8 Å². The first-order valence-corrected chi connectivity index (χ1v) is 30.0. The van der Waals surface area contributed by atoms with Crippen molar-refractivity contribution >= 4 is 36.3 Å². The summed E-state index contributed by atoms with van der Waals surface area (Å²) in [5.74, 6) is -1.04. The molecule has 8 rings (SSSR count). The van der Waals surface area contributed by atoms with Crippen LogP contribution in [0.25, 0.3) is 22.3 Å². The smallest absolute Gasteiger partial charge is 0.518 e. The van der Waals surface area contributed by atoms with Crippen LogP contribution in [0.15, 0.2) is 174 Å². The van der Waals surface area contributed by atoms with Crippen LogP contribution in [0.2, 0.25) is 0 Å². The second-order valence-electron chi connectivity index (χ2n) is 23.3. The fraction of sp³-hybridized carbons (Fsp3) is 0.338. The van der Waals surface area contributed by atoms with E-state index >= 15 is 0 Å². The number of aryl methyl sites for hydroxylation is 3. The number of aliphatic imine (C=N–C) groups is 1. The number of benzene rings is 7. The van der Waals surface area contributed by atoms with Crippen LogP contribution < -0.4 is 23.6 Å². The fourth-order valence-electron chi connectivity index (χ4n) is 11.0. The minimum atomic E-state index is -1.07. The van der Waals surface area contributed by atoms with Gasteiger partial charge in [-0.15, -0.1) is 6.41 Å². The van der Waals surface area contributed by atoms with Crippen molar-refractivity contribution in [1.29, 1.82) is 0 Å². The Balaban J connectivity index is 0.00000399. The van der Waals surface area contributed by atoms with Gasteiger partial charge in [0.15, 0.2) is 0 Å². The topological polar surface area (TPSA) is 149 Å². The normalized spacial score (nSPS) is 13.1. The summed E-state index contributed by atoms with van der Waals surface area (Å²) in [4.78, 5) is 55.2. The van der Waals surface area contributed by atoms with Crippen LogP contribution in [0, 0.1) is 12.7 Å². The number of nitrogens with zero attached hydrogens (tertiary/aromatic N) is 4. The molecule has 1 aliphatic heterocycles. The van der Waals surface area contributed by atoms with Crippen molar-refractivity contribution in [1.82, 2.24) is 9.91 Å². The molecule has 13 heteroatoms. The number of carbonyl (C=O) groups excluding carboxylic acids is 2. The van der Waals surface area contributed by atoms with Gasteiger partial charge in [-0.05, 0) is 160 Å². The van der Waals surface area contributed by atoms with E-state index in [1.54, 1.807) is 19.1 Å². The van der Waals surface area contributed by atoms with E-state index in [1.165, 1.54) is 27.8 Å². The van der Waals surface area contributed by atoms with Crippen LogP contribution in [0.3, 0.4) is 0 Å². The van der Waals surface area contributed by atoms with Gasteiger partial charge in [0, 0.05) is 25.1 Å². The monoisotopic (exact) mass is 1160 g/mol. The van der Waals surface area contributed by atoms with Crippen LogP contribution in [0.4, 0.5) is 4.39 Å². The number of carboxylic acids is 2. The zero-order valence-corrected chi connectivity index (χ0v) is 51.8. The van der Waals surface area contributed by atoms with Gasteiger partial charge in [0.2, 0.25) is 0 Å². The van der Waals surface area contributed by atoms with Crippen molar-refractivity contribution in [2.45, 2.75) is 155 Å². The first-order valence-electron chi connectivity index (χ1n) is 30.0. The van der Waals surface area contributed by atoms with Crippen molar-refractivity contribution in [3.63, 3.8) is 0 Å². The molecule has 0 saturated carbocycles. The molecule has 2 N–H and O–H groups in total. The number of likely N-dealkylation sites (N-methyl/N-ethyl adjacent to an activating group) is 1. The fourth-order valence-corrected chi connectivity index (χ4v) is 11.0. The molecule has 0 spiro atoms. The summed E-state index contributed by atoms with van der Waals surface area (Å²) < 4.78 is 20.3. The summed E-state index contributed by atoms with van der Waals surface area (Å²) in [6.45, 7) is 17.4. The predicted octanol–water partition coefficient (Wildman–Crippen LogP) is 12.6. The van der Waals surface area contributed by atoms with Gasteiger partial charge in [-0.25, -0.2) is 4.39 Å². The summed E-state index contributed by atoms with van der Waals surface area (Å²) in [6.07, 6.45) is 13.2. The number of hydrogen-bond donors (Lipinski definition) is 2. The van der Waals surface area contributed by atoms with Crippen molar-refractivity contribution in [2.75, 3.05) is 6.54 Å². The number of carbonyl (C=O) groups is 3. The Labute approximate surface area is 527 Å². The zero-order valence-electron chi connectivity index (χ0n) is 51.8. The van der Waals surface area contributed by atoms with Gasteiger partial charge in [-0.2, -0.15) is 13.3 Å². The van der Waals surface area contributed by atoms with Crippen molar-refractivity contribution in [3.05, 3.63) is 227 Å². The van der Waals surface area contributed by atoms with E-state index in [0.717, 1.165) is 102 Å². The van der Waals surface area contributed by atoms with Gasteiger partial charge < -0.3 is 43.0 Å². The average molecular weight is 1170 g/mol. The second-order valence-corrected chi connectivity index (χ2v) is 23.3. The molecule has 0 fully saturated rings. The predicted molar refractivity (Wildman–Crippen MR) is 342 cm³/mol. The molecule has 0 aromatic heterocycles. The maximum atomic E-state index is 14.3. The molecule has 0 bridgehead atoms. The number of amides is 2. The van der Waals surface area contributed by atoms with Gasteiger partial charge in [-0.3, -0.25) is 24.3 Å². The molecule has 1 unspecified atom stereocenters. The Morgan fingerprint density at radius 3 is 1.76 bits per heavy atom. The molecule has 1 aliphatic rings. The maximum absolute atomic E-state index is 14.3. The first-order chi connectivity index (χ1) is 41.5. The van der Waals surface area contributed by atoms with Crippen molar-refractivity contribution in [3.8, 4) is 28.0 Å². The van der Waals surface area contributed by atoms with E-state index in [4.69, 9.17) is 9.73 Å². The second kappa shape index (κ2) is 33.3. The minimum Gasteiger partial charge on any atom is -0.518 e. The Morgan fingerprint density at radius 2 is 1.17 bits per heavy atom. The largest absolute Gasteiger partial charge is 1.00 e. The van der Waals surface area contributed by atoms with Gasteiger partial charge >= 0.3 is 30.8 Å². The van der Waals surface area contributed by atoms with Crippen LogP contribution in [0.5, 0.6) is 5.75 Å². The third-order valence-corrected chi connectivity index (χ3v) is 16.1. The molecule has 2 amide bonds. The summed E-state index contributed by atoms with van der Waals surface area (Å²) in [7, 11) is 0. The number of carboxylic acid groups (broad SMARTS) is 2. The van der Waals surface area contributed by atoms with Crippen molar-refractivity contribution in [2.24, 2.45) is 10.1 Å². The van der Waals surface area contributed by atoms with E-state index in [0.29, 0.717) is 43.7 Å².